The molecular formula is C14H13ClN4O5. The monoisotopic (exact) mass is 352 g/mol. The minimum Gasteiger partial charge on any atom is -0.399 e. The average Bonchev–Trinajstić information content (AvgIpc) is 2.55. The molecule has 126 valence electrons. The number of anilines is 2. The maximum Gasteiger partial charge on any atom is 0.271 e. The molecule has 3 N–H and O–H groups in total. The fourth-order valence-electron chi connectivity index (χ4n) is 1.53. The largest absolute Gasteiger partial charge is 0.399 e. The number of carbonyl (C=O) groups is 1. The highest BCUT2D eigenvalue weighted by molar-refractivity contribution is 6.29. The molecule has 0 radical (unpaired) electrons. The first-order chi connectivity index (χ1) is 11.3. The standard InChI is InChI=1S/C8H7ClN2O3.C6H6N2O2/c9-5-8(12)10-6-2-1-3-7(4-6)11(13)14;7-5-2-1-3-6(4-5)8(9)10/h1-4H,5H2,(H,10,12);1-4H,7H2. The Bertz CT molecular complexity index is 753. The lowest BCUT2D eigenvalue weighted by Crippen LogP contribution is -2.12. The molecule has 0 aliphatic heterocycles. The van der Waals surface area contributed by atoms with E-state index < -0.39 is 15.8 Å². The number of benzene rings is 2. The molecule has 0 atom stereocenters. The first-order valence-electron chi connectivity index (χ1n) is 6.43. The molecule has 2 aromatic rings. The van der Waals surface area contributed by atoms with Crippen LogP contribution in [-0.2, 0) is 4.79 Å². The third-order valence-corrected chi connectivity index (χ3v) is 2.79. The molecule has 2 rings (SSSR count). The van der Waals surface area contributed by atoms with Crippen molar-refractivity contribution >= 4 is 40.3 Å². The summed E-state index contributed by atoms with van der Waals surface area (Å²) >= 11 is 5.26. The molecule has 24 heavy (non-hydrogen) atoms. The highest BCUT2D eigenvalue weighted by atomic mass is 35.5. The van der Waals surface area contributed by atoms with E-state index >= 15 is 0 Å². The maximum atomic E-state index is 10.8. The summed E-state index contributed by atoms with van der Waals surface area (Å²) < 4.78 is 0. The summed E-state index contributed by atoms with van der Waals surface area (Å²) in [6, 6.07) is 11.5. The van der Waals surface area contributed by atoms with Crippen molar-refractivity contribution in [3.8, 4) is 0 Å². The number of rotatable bonds is 4. The van der Waals surface area contributed by atoms with E-state index in [9.17, 15) is 25.0 Å². The Kier molecular flexibility index (Phi) is 7.11. The van der Waals surface area contributed by atoms with Crippen LogP contribution in [0.5, 0.6) is 0 Å². The minimum absolute atomic E-state index is 0.0278. The highest BCUT2D eigenvalue weighted by Crippen LogP contribution is 2.16. The molecule has 0 saturated carbocycles. The van der Waals surface area contributed by atoms with Crippen LogP contribution in [0.15, 0.2) is 48.5 Å². The van der Waals surface area contributed by atoms with Crippen LogP contribution < -0.4 is 11.1 Å². The Balaban J connectivity index is 0.000000254. The van der Waals surface area contributed by atoms with Gasteiger partial charge in [0.05, 0.1) is 9.85 Å². The summed E-state index contributed by atoms with van der Waals surface area (Å²) in [6.45, 7) is 0. The fourth-order valence-corrected chi connectivity index (χ4v) is 1.60. The number of non-ortho nitro benzene ring substituents is 2. The molecule has 0 fully saturated rings. The predicted molar refractivity (Wildman–Crippen MR) is 90.0 cm³/mol. The van der Waals surface area contributed by atoms with Crippen LogP contribution in [-0.4, -0.2) is 21.6 Å². The second kappa shape index (κ2) is 9.06. The van der Waals surface area contributed by atoms with Crippen LogP contribution >= 0.6 is 11.6 Å². The van der Waals surface area contributed by atoms with Gasteiger partial charge in [-0.15, -0.1) is 11.6 Å². The number of amides is 1. The van der Waals surface area contributed by atoms with Crippen molar-refractivity contribution in [2.75, 3.05) is 16.9 Å². The van der Waals surface area contributed by atoms with E-state index in [1.54, 1.807) is 18.2 Å². The zero-order chi connectivity index (χ0) is 18.1. The Hall–Kier alpha value is -3.20. The van der Waals surface area contributed by atoms with E-state index in [1.807, 2.05) is 0 Å². The number of nitrogens with zero attached hydrogens (tertiary/aromatic N) is 2. The Morgan fingerprint density at radius 1 is 1.04 bits per heavy atom. The van der Waals surface area contributed by atoms with Gasteiger partial charge in [-0.25, -0.2) is 0 Å². The van der Waals surface area contributed by atoms with E-state index in [2.05, 4.69) is 5.32 Å². The number of hydrogen-bond donors (Lipinski definition) is 2. The third kappa shape index (κ3) is 6.28. The molecule has 0 heterocycles. The second-order valence-corrected chi connectivity index (χ2v) is 4.61. The molecule has 0 aliphatic carbocycles. The maximum absolute atomic E-state index is 10.8. The molecule has 1 amide bonds. The van der Waals surface area contributed by atoms with Crippen molar-refractivity contribution in [2.24, 2.45) is 0 Å². The zero-order valence-electron chi connectivity index (χ0n) is 12.2. The van der Waals surface area contributed by atoms with Crippen LogP contribution in [0.1, 0.15) is 0 Å². The first-order valence-corrected chi connectivity index (χ1v) is 6.97. The predicted octanol–water partition coefficient (Wildman–Crippen LogP) is 2.95. The van der Waals surface area contributed by atoms with Crippen molar-refractivity contribution in [2.45, 2.75) is 0 Å². The van der Waals surface area contributed by atoms with Gasteiger partial charge in [-0.05, 0) is 12.1 Å². The Morgan fingerprint density at radius 2 is 1.58 bits per heavy atom. The molecular weight excluding hydrogens is 340 g/mol. The number of carbonyl (C=O) groups excluding carboxylic acids is 1. The van der Waals surface area contributed by atoms with Gasteiger partial charge in [0, 0.05) is 35.6 Å². The van der Waals surface area contributed by atoms with Gasteiger partial charge in [0.2, 0.25) is 5.91 Å². The van der Waals surface area contributed by atoms with Crippen molar-refractivity contribution < 1.29 is 14.6 Å². The van der Waals surface area contributed by atoms with Crippen LogP contribution in [0, 0.1) is 20.2 Å². The van der Waals surface area contributed by atoms with Gasteiger partial charge < -0.3 is 11.1 Å². The number of nitrogens with two attached hydrogens (primary N) is 1. The summed E-state index contributed by atoms with van der Waals surface area (Å²) in [5.41, 5.74) is 6.02. The summed E-state index contributed by atoms with van der Waals surface area (Å²) in [4.78, 5) is 30.3. The van der Waals surface area contributed by atoms with Crippen molar-refractivity contribution in [1.82, 2.24) is 0 Å². The van der Waals surface area contributed by atoms with Crippen LogP contribution in [0.3, 0.4) is 0 Å². The second-order valence-electron chi connectivity index (χ2n) is 4.34. The topological polar surface area (TPSA) is 141 Å². The first kappa shape index (κ1) is 18.8. The van der Waals surface area contributed by atoms with Gasteiger partial charge in [-0.3, -0.25) is 25.0 Å². The van der Waals surface area contributed by atoms with Gasteiger partial charge >= 0.3 is 0 Å². The minimum atomic E-state index is -0.531. The normalized spacial score (nSPS) is 9.38. The number of nitro groups is 2. The molecule has 0 bridgehead atoms. The van der Waals surface area contributed by atoms with Gasteiger partial charge in [0.1, 0.15) is 5.88 Å². The van der Waals surface area contributed by atoms with Gasteiger partial charge in [-0.2, -0.15) is 0 Å². The summed E-state index contributed by atoms with van der Waals surface area (Å²) in [5.74, 6) is -0.574. The summed E-state index contributed by atoms with van der Waals surface area (Å²) in [5, 5.41) is 22.9. The van der Waals surface area contributed by atoms with Crippen molar-refractivity contribution in [3.63, 3.8) is 0 Å². The van der Waals surface area contributed by atoms with E-state index in [0.29, 0.717) is 11.4 Å². The lowest BCUT2D eigenvalue weighted by atomic mass is 10.3. The molecule has 0 saturated heterocycles. The molecule has 0 aliphatic rings. The van der Waals surface area contributed by atoms with Gasteiger partial charge in [-0.1, -0.05) is 12.1 Å². The lowest BCUT2D eigenvalue weighted by molar-refractivity contribution is -0.385. The Morgan fingerprint density at radius 3 is 2.04 bits per heavy atom. The van der Waals surface area contributed by atoms with Crippen molar-refractivity contribution in [1.29, 1.82) is 0 Å². The van der Waals surface area contributed by atoms with E-state index in [1.165, 1.54) is 30.3 Å². The zero-order valence-corrected chi connectivity index (χ0v) is 13.0. The van der Waals surface area contributed by atoms with E-state index in [-0.39, 0.29) is 17.3 Å². The van der Waals surface area contributed by atoms with E-state index in [4.69, 9.17) is 17.3 Å². The molecule has 2 aromatic carbocycles. The molecule has 0 unspecified atom stereocenters. The highest BCUT2D eigenvalue weighted by Gasteiger charge is 2.07. The number of nitrogens with one attached hydrogen (secondary N) is 1. The molecule has 0 aromatic heterocycles. The third-order valence-electron chi connectivity index (χ3n) is 2.54. The number of nitrogen functional groups attached to an aromatic ring is 1. The quantitative estimate of drug-likeness (QED) is 0.375. The number of hydrogen-bond acceptors (Lipinski definition) is 6. The molecule has 0 spiro atoms. The summed E-state index contributed by atoms with van der Waals surface area (Å²) in [6.07, 6.45) is 0. The number of halogens is 1. The van der Waals surface area contributed by atoms with Gasteiger partial charge in [0.25, 0.3) is 11.4 Å². The van der Waals surface area contributed by atoms with Gasteiger partial charge in [0.15, 0.2) is 0 Å². The van der Waals surface area contributed by atoms with Crippen LogP contribution in [0.4, 0.5) is 22.7 Å². The molecule has 9 nitrogen and oxygen atoms in total. The summed E-state index contributed by atoms with van der Waals surface area (Å²) in [7, 11) is 0. The van der Waals surface area contributed by atoms with E-state index in [0.717, 1.165) is 0 Å². The van der Waals surface area contributed by atoms with Crippen LogP contribution in [0.25, 0.3) is 0 Å². The lowest BCUT2D eigenvalue weighted by Gasteiger charge is -2.01. The SMILES string of the molecule is Nc1cccc([N+](=O)[O-])c1.O=C(CCl)Nc1cccc([N+](=O)[O-])c1. The number of nitro benzene ring substituents is 2. The van der Waals surface area contributed by atoms with Crippen LogP contribution in [0.2, 0.25) is 0 Å². The Labute approximate surface area is 141 Å². The fraction of sp³-hybridized carbons (Fsp3) is 0.0714. The van der Waals surface area contributed by atoms with Crippen molar-refractivity contribution in [3.05, 3.63) is 68.8 Å². The smallest absolute Gasteiger partial charge is 0.271 e. The molecule has 10 heteroatoms. The average molecular weight is 353 g/mol. The number of alkyl halides is 1.